The zero-order valence-electron chi connectivity index (χ0n) is 6.35. The molecule has 0 atom stereocenters. The molecule has 64 valence electrons. The number of rotatable bonds is 3. The third-order valence-corrected chi connectivity index (χ3v) is 2.08. The Morgan fingerprint density at radius 3 is 3.00 bits per heavy atom. The normalized spacial score (nSPS) is 10.4. The molecular formula is C6H7N3O2S. The average Bonchev–Trinajstić information content (AvgIpc) is 2.48. The van der Waals surface area contributed by atoms with E-state index in [2.05, 4.69) is 10.5 Å². The molecule has 1 aromatic heterocycles. The van der Waals surface area contributed by atoms with Gasteiger partial charge in [-0.2, -0.15) is 5.10 Å². The van der Waals surface area contributed by atoms with Crippen molar-refractivity contribution >= 4 is 22.6 Å². The molecule has 6 heteroatoms. The lowest BCUT2D eigenvalue weighted by atomic mass is 10.5. The minimum atomic E-state index is -0.415. The summed E-state index contributed by atoms with van der Waals surface area (Å²) in [5.41, 5.74) is 2.56. The van der Waals surface area contributed by atoms with E-state index in [1.54, 1.807) is 13.1 Å². The molecule has 0 aliphatic carbocycles. The lowest BCUT2D eigenvalue weighted by Gasteiger charge is -1.83. The summed E-state index contributed by atoms with van der Waals surface area (Å²) in [5.74, 6) is 0. The molecule has 1 aromatic rings. The first-order valence-electron chi connectivity index (χ1n) is 3.18. The fourth-order valence-corrected chi connectivity index (χ4v) is 1.33. The molecule has 0 amide bonds. The highest BCUT2D eigenvalue weighted by Crippen LogP contribution is 2.22. The summed E-state index contributed by atoms with van der Waals surface area (Å²) in [4.78, 5) is 10.6. The molecular weight excluding hydrogens is 178 g/mol. The largest absolute Gasteiger partial charge is 0.324 e. The van der Waals surface area contributed by atoms with Crippen molar-refractivity contribution in [1.82, 2.24) is 5.43 Å². The summed E-state index contributed by atoms with van der Waals surface area (Å²) < 4.78 is 0. The van der Waals surface area contributed by atoms with Gasteiger partial charge in [0.1, 0.15) is 0 Å². The fourth-order valence-electron chi connectivity index (χ4n) is 0.638. The molecule has 0 bridgehead atoms. The lowest BCUT2D eigenvalue weighted by Crippen LogP contribution is -1.93. The lowest BCUT2D eigenvalue weighted by molar-refractivity contribution is -0.380. The smallest absolute Gasteiger partial charge is 0.313 e. The van der Waals surface area contributed by atoms with Crippen molar-refractivity contribution in [2.75, 3.05) is 7.05 Å². The maximum absolute atomic E-state index is 10.2. The molecule has 0 saturated heterocycles. The predicted octanol–water partition coefficient (Wildman–Crippen LogP) is 1.21. The first kappa shape index (κ1) is 8.66. The number of hydrazone groups is 1. The van der Waals surface area contributed by atoms with Gasteiger partial charge in [-0.3, -0.25) is 10.1 Å². The van der Waals surface area contributed by atoms with E-state index in [-0.39, 0.29) is 5.00 Å². The van der Waals surface area contributed by atoms with Crippen LogP contribution in [0.15, 0.2) is 17.2 Å². The predicted molar refractivity (Wildman–Crippen MR) is 47.6 cm³/mol. The first-order valence-corrected chi connectivity index (χ1v) is 3.99. The molecule has 0 aliphatic heterocycles. The summed E-state index contributed by atoms with van der Waals surface area (Å²) in [6, 6.07) is 3.12. The van der Waals surface area contributed by atoms with E-state index >= 15 is 0 Å². The van der Waals surface area contributed by atoms with Gasteiger partial charge >= 0.3 is 5.00 Å². The Morgan fingerprint density at radius 1 is 1.75 bits per heavy atom. The summed E-state index contributed by atoms with van der Waals surface area (Å²) in [5, 5.41) is 14.1. The van der Waals surface area contributed by atoms with Crippen LogP contribution in [-0.4, -0.2) is 18.2 Å². The summed E-state index contributed by atoms with van der Waals surface area (Å²) in [6.07, 6.45) is 1.54. The third kappa shape index (κ3) is 2.03. The molecule has 0 unspecified atom stereocenters. The van der Waals surface area contributed by atoms with Crippen LogP contribution in [0.5, 0.6) is 0 Å². The van der Waals surface area contributed by atoms with Gasteiger partial charge in [0, 0.05) is 13.1 Å². The van der Waals surface area contributed by atoms with Crippen LogP contribution in [0.25, 0.3) is 0 Å². The molecule has 0 fully saturated rings. The Hall–Kier alpha value is -1.43. The van der Waals surface area contributed by atoms with Gasteiger partial charge in [-0.1, -0.05) is 11.3 Å². The van der Waals surface area contributed by atoms with Gasteiger partial charge in [0.05, 0.1) is 16.0 Å². The highest BCUT2D eigenvalue weighted by atomic mass is 32.1. The number of nitro groups is 1. The van der Waals surface area contributed by atoms with Crippen molar-refractivity contribution in [2.45, 2.75) is 0 Å². The Balaban J connectivity index is 2.77. The van der Waals surface area contributed by atoms with Crippen LogP contribution in [0.2, 0.25) is 0 Å². The molecule has 0 saturated carbocycles. The van der Waals surface area contributed by atoms with Crippen LogP contribution in [0.1, 0.15) is 4.88 Å². The van der Waals surface area contributed by atoms with Crippen LogP contribution in [0.3, 0.4) is 0 Å². The topological polar surface area (TPSA) is 67.5 Å². The zero-order chi connectivity index (χ0) is 8.97. The Kier molecular flexibility index (Phi) is 2.76. The van der Waals surface area contributed by atoms with E-state index in [1.807, 2.05) is 0 Å². The molecule has 1 N–H and O–H groups in total. The van der Waals surface area contributed by atoms with E-state index < -0.39 is 4.92 Å². The molecule has 12 heavy (non-hydrogen) atoms. The van der Waals surface area contributed by atoms with Gasteiger partial charge in [-0.15, -0.1) is 0 Å². The molecule has 0 aliphatic rings. The summed E-state index contributed by atoms with van der Waals surface area (Å²) in [6.45, 7) is 0. The van der Waals surface area contributed by atoms with E-state index in [0.29, 0.717) is 0 Å². The number of thiophene rings is 1. The van der Waals surface area contributed by atoms with Gasteiger partial charge < -0.3 is 5.43 Å². The monoisotopic (exact) mass is 185 g/mol. The van der Waals surface area contributed by atoms with Crippen molar-refractivity contribution in [3.05, 3.63) is 27.1 Å². The van der Waals surface area contributed by atoms with Crippen molar-refractivity contribution in [3.8, 4) is 0 Å². The van der Waals surface area contributed by atoms with E-state index in [1.165, 1.54) is 12.3 Å². The first-order chi connectivity index (χ1) is 5.74. The summed E-state index contributed by atoms with van der Waals surface area (Å²) in [7, 11) is 1.67. The quantitative estimate of drug-likeness (QED) is 0.437. The van der Waals surface area contributed by atoms with Crippen molar-refractivity contribution in [1.29, 1.82) is 0 Å². The molecule has 0 radical (unpaired) electrons. The second-order valence-corrected chi connectivity index (χ2v) is 3.01. The molecule has 0 spiro atoms. The van der Waals surface area contributed by atoms with Crippen molar-refractivity contribution < 1.29 is 4.92 Å². The van der Waals surface area contributed by atoms with Gasteiger partial charge in [0.15, 0.2) is 0 Å². The molecule has 5 nitrogen and oxygen atoms in total. The summed E-state index contributed by atoms with van der Waals surface area (Å²) >= 11 is 1.09. The van der Waals surface area contributed by atoms with Crippen LogP contribution in [-0.2, 0) is 0 Å². The van der Waals surface area contributed by atoms with Crippen molar-refractivity contribution in [2.24, 2.45) is 5.10 Å². The highest BCUT2D eigenvalue weighted by molar-refractivity contribution is 7.16. The maximum Gasteiger partial charge on any atom is 0.324 e. The second-order valence-electron chi connectivity index (χ2n) is 1.91. The molecule has 1 rings (SSSR count). The van der Waals surface area contributed by atoms with E-state index in [0.717, 1.165) is 16.2 Å². The van der Waals surface area contributed by atoms with E-state index in [9.17, 15) is 10.1 Å². The van der Waals surface area contributed by atoms with Gasteiger partial charge in [-0.05, 0) is 6.07 Å². The van der Waals surface area contributed by atoms with Crippen LogP contribution in [0.4, 0.5) is 5.00 Å². The van der Waals surface area contributed by atoms with Crippen LogP contribution < -0.4 is 5.43 Å². The number of nitrogens with one attached hydrogen (secondary N) is 1. The fraction of sp³-hybridized carbons (Fsp3) is 0.167. The second kappa shape index (κ2) is 3.82. The third-order valence-electron chi connectivity index (χ3n) is 1.11. The van der Waals surface area contributed by atoms with Crippen molar-refractivity contribution in [3.63, 3.8) is 0 Å². The number of hydrogen-bond acceptors (Lipinski definition) is 5. The highest BCUT2D eigenvalue weighted by Gasteiger charge is 2.07. The standard InChI is InChI=1S/C6H7N3O2S/c1-7-8-4-5-2-3-6(12-5)9(10)11/h2-4,7H,1H3. The van der Waals surface area contributed by atoms with Crippen LogP contribution >= 0.6 is 11.3 Å². The Bertz CT molecular complexity index is 307. The zero-order valence-corrected chi connectivity index (χ0v) is 7.17. The Morgan fingerprint density at radius 2 is 2.50 bits per heavy atom. The van der Waals surface area contributed by atoms with Gasteiger partial charge in [-0.25, -0.2) is 0 Å². The molecule has 0 aromatic carbocycles. The Labute approximate surface area is 72.9 Å². The SMILES string of the molecule is CNN=Cc1ccc([N+](=O)[O-])s1. The number of hydrogen-bond donors (Lipinski definition) is 1. The minimum Gasteiger partial charge on any atom is -0.313 e. The van der Waals surface area contributed by atoms with Gasteiger partial charge in [0.25, 0.3) is 0 Å². The average molecular weight is 185 g/mol. The molecule has 1 heterocycles. The minimum absolute atomic E-state index is 0.132. The van der Waals surface area contributed by atoms with Gasteiger partial charge in [0.2, 0.25) is 0 Å². The van der Waals surface area contributed by atoms with E-state index in [4.69, 9.17) is 0 Å². The number of nitrogens with zero attached hydrogens (tertiary/aromatic N) is 2. The van der Waals surface area contributed by atoms with Crippen LogP contribution in [0, 0.1) is 10.1 Å². The maximum atomic E-state index is 10.2.